The number of oxazole rings is 1. The maximum absolute atomic E-state index is 12.3. The maximum atomic E-state index is 12.3. The van der Waals surface area contributed by atoms with Gasteiger partial charge in [0.1, 0.15) is 5.75 Å². The van der Waals surface area contributed by atoms with Crippen LogP contribution < -0.4 is 15.8 Å². The first-order valence-electron chi connectivity index (χ1n) is 6.87. The van der Waals surface area contributed by atoms with E-state index in [1.807, 2.05) is 24.3 Å². The number of ether oxygens (including phenoxy) is 1. The first kappa shape index (κ1) is 12.7. The highest BCUT2D eigenvalue weighted by Crippen LogP contribution is 2.28. The highest BCUT2D eigenvalue weighted by Gasteiger charge is 2.28. The largest absolute Gasteiger partial charge is 0.480 e. The molecule has 0 fully saturated rings. The summed E-state index contributed by atoms with van der Waals surface area (Å²) in [6, 6.07) is 12.6. The molecule has 0 bridgehead atoms. The van der Waals surface area contributed by atoms with E-state index in [0.717, 1.165) is 11.3 Å². The Balaban J connectivity index is 1.53. The Labute approximate surface area is 124 Å². The van der Waals surface area contributed by atoms with Gasteiger partial charge in [-0.25, -0.2) is 4.79 Å². The van der Waals surface area contributed by atoms with E-state index >= 15 is 0 Å². The van der Waals surface area contributed by atoms with E-state index in [4.69, 9.17) is 9.15 Å². The van der Waals surface area contributed by atoms with Crippen LogP contribution in [0.25, 0.3) is 11.1 Å². The molecular weight excluding hydrogens is 284 g/mol. The summed E-state index contributed by atoms with van der Waals surface area (Å²) in [6.45, 7) is 0. The smallest absolute Gasteiger partial charge is 0.417 e. The van der Waals surface area contributed by atoms with Crippen LogP contribution in [0, 0.1) is 0 Å². The second-order valence-corrected chi connectivity index (χ2v) is 5.13. The minimum Gasteiger partial charge on any atom is -0.480 e. The maximum Gasteiger partial charge on any atom is 0.417 e. The Morgan fingerprint density at radius 2 is 2.09 bits per heavy atom. The van der Waals surface area contributed by atoms with Gasteiger partial charge in [0.15, 0.2) is 11.7 Å². The van der Waals surface area contributed by atoms with Gasteiger partial charge in [0.25, 0.3) is 5.91 Å². The fourth-order valence-electron chi connectivity index (χ4n) is 2.58. The molecule has 6 heteroatoms. The predicted molar refractivity (Wildman–Crippen MR) is 80.0 cm³/mol. The van der Waals surface area contributed by atoms with Crippen molar-refractivity contribution in [2.75, 3.05) is 5.32 Å². The second kappa shape index (κ2) is 4.77. The Kier molecular flexibility index (Phi) is 2.75. The van der Waals surface area contributed by atoms with Gasteiger partial charge in [-0.15, -0.1) is 0 Å². The van der Waals surface area contributed by atoms with Crippen molar-refractivity contribution in [3.63, 3.8) is 0 Å². The molecule has 22 heavy (non-hydrogen) atoms. The monoisotopic (exact) mass is 296 g/mol. The Morgan fingerprint density at radius 3 is 2.95 bits per heavy atom. The van der Waals surface area contributed by atoms with Crippen molar-refractivity contribution < 1.29 is 13.9 Å². The molecule has 1 unspecified atom stereocenters. The fourth-order valence-corrected chi connectivity index (χ4v) is 2.58. The average Bonchev–Trinajstić information content (AvgIpc) is 3.08. The van der Waals surface area contributed by atoms with Gasteiger partial charge in [0.05, 0.1) is 5.52 Å². The molecule has 0 radical (unpaired) electrons. The van der Waals surface area contributed by atoms with Crippen LogP contribution >= 0.6 is 0 Å². The summed E-state index contributed by atoms with van der Waals surface area (Å²) in [7, 11) is 0. The standard InChI is InChI=1S/C16H12N2O4/c19-15(14-7-9-3-1-2-4-12(9)21-14)17-10-5-6-13-11(8-10)18-16(20)22-13/h1-6,8,14H,7H2,(H,17,19)(H,18,20). The van der Waals surface area contributed by atoms with Gasteiger partial charge in [0, 0.05) is 12.1 Å². The van der Waals surface area contributed by atoms with E-state index in [-0.39, 0.29) is 5.91 Å². The van der Waals surface area contributed by atoms with E-state index in [0.29, 0.717) is 23.2 Å². The number of anilines is 1. The lowest BCUT2D eigenvalue weighted by molar-refractivity contribution is -0.122. The highest BCUT2D eigenvalue weighted by molar-refractivity contribution is 5.96. The number of carbonyl (C=O) groups excluding carboxylic acids is 1. The molecule has 1 aliphatic heterocycles. The molecule has 110 valence electrons. The van der Waals surface area contributed by atoms with Crippen LogP contribution in [0.4, 0.5) is 5.69 Å². The van der Waals surface area contributed by atoms with Crippen molar-refractivity contribution in [1.82, 2.24) is 4.98 Å². The number of hydrogen-bond acceptors (Lipinski definition) is 4. The molecule has 2 heterocycles. The fraction of sp³-hybridized carbons (Fsp3) is 0.125. The molecule has 4 rings (SSSR count). The van der Waals surface area contributed by atoms with Gasteiger partial charge >= 0.3 is 5.76 Å². The molecular formula is C16H12N2O4. The van der Waals surface area contributed by atoms with Crippen molar-refractivity contribution in [1.29, 1.82) is 0 Å². The summed E-state index contributed by atoms with van der Waals surface area (Å²) >= 11 is 0. The van der Waals surface area contributed by atoms with Gasteiger partial charge in [-0.2, -0.15) is 0 Å². The number of aromatic nitrogens is 1. The van der Waals surface area contributed by atoms with Crippen molar-refractivity contribution in [2.45, 2.75) is 12.5 Å². The molecule has 6 nitrogen and oxygen atoms in total. The number of fused-ring (bicyclic) bond motifs is 2. The molecule has 1 atom stereocenters. The number of H-pyrrole nitrogens is 1. The highest BCUT2D eigenvalue weighted by atomic mass is 16.5. The summed E-state index contributed by atoms with van der Waals surface area (Å²) in [4.78, 5) is 26.0. The number of benzene rings is 2. The number of amides is 1. The molecule has 1 amide bonds. The predicted octanol–water partition coefficient (Wildman–Crippen LogP) is 2.06. The molecule has 1 aliphatic rings. The van der Waals surface area contributed by atoms with Crippen molar-refractivity contribution in [3.05, 3.63) is 58.6 Å². The molecule has 2 N–H and O–H groups in total. The second-order valence-electron chi connectivity index (χ2n) is 5.13. The zero-order valence-corrected chi connectivity index (χ0v) is 11.5. The Bertz CT molecular complexity index is 900. The van der Waals surface area contributed by atoms with Crippen LogP contribution in [-0.2, 0) is 11.2 Å². The summed E-state index contributed by atoms with van der Waals surface area (Å²) in [5, 5.41) is 2.79. The van der Waals surface area contributed by atoms with Crippen LogP contribution in [0.3, 0.4) is 0 Å². The Hall–Kier alpha value is -3.02. The van der Waals surface area contributed by atoms with Crippen LogP contribution in [0.15, 0.2) is 51.7 Å². The molecule has 0 spiro atoms. The zero-order chi connectivity index (χ0) is 15.1. The van der Waals surface area contributed by atoms with E-state index in [2.05, 4.69) is 10.3 Å². The van der Waals surface area contributed by atoms with E-state index in [1.54, 1.807) is 18.2 Å². The van der Waals surface area contributed by atoms with Gasteiger partial charge < -0.3 is 14.5 Å². The average molecular weight is 296 g/mol. The van der Waals surface area contributed by atoms with Gasteiger partial charge in [-0.1, -0.05) is 18.2 Å². The molecule has 3 aromatic rings. The number of hydrogen-bond donors (Lipinski definition) is 2. The van der Waals surface area contributed by atoms with Crippen LogP contribution in [-0.4, -0.2) is 17.0 Å². The zero-order valence-electron chi connectivity index (χ0n) is 11.5. The van der Waals surface area contributed by atoms with Crippen molar-refractivity contribution in [3.8, 4) is 5.75 Å². The molecule has 0 saturated heterocycles. The lowest BCUT2D eigenvalue weighted by Crippen LogP contribution is -2.31. The Morgan fingerprint density at radius 1 is 1.23 bits per heavy atom. The summed E-state index contributed by atoms with van der Waals surface area (Å²) in [6.07, 6.45) is 0.00350. The molecule has 2 aromatic carbocycles. The van der Waals surface area contributed by atoms with E-state index in [1.165, 1.54) is 0 Å². The minimum atomic E-state index is -0.545. The molecule has 0 aliphatic carbocycles. The number of rotatable bonds is 2. The lowest BCUT2D eigenvalue weighted by Gasteiger charge is -2.11. The van der Waals surface area contributed by atoms with Crippen LogP contribution in [0.2, 0.25) is 0 Å². The van der Waals surface area contributed by atoms with Crippen molar-refractivity contribution in [2.24, 2.45) is 0 Å². The number of aromatic amines is 1. The van der Waals surface area contributed by atoms with Gasteiger partial charge in [0.2, 0.25) is 0 Å². The van der Waals surface area contributed by atoms with E-state index < -0.39 is 11.9 Å². The van der Waals surface area contributed by atoms with Gasteiger partial charge in [-0.3, -0.25) is 9.78 Å². The molecule has 1 aromatic heterocycles. The number of carbonyl (C=O) groups is 1. The van der Waals surface area contributed by atoms with Crippen LogP contribution in [0.1, 0.15) is 5.56 Å². The van der Waals surface area contributed by atoms with E-state index in [9.17, 15) is 9.59 Å². The summed E-state index contributed by atoms with van der Waals surface area (Å²) < 4.78 is 10.6. The SMILES string of the molecule is O=C(Nc1ccc2oc(=O)[nH]c2c1)C1Cc2ccccc2O1. The first-order chi connectivity index (χ1) is 10.7. The third-order valence-corrected chi connectivity index (χ3v) is 3.63. The topological polar surface area (TPSA) is 84.3 Å². The quantitative estimate of drug-likeness (QED) is 0.758. The number of para-hydroxylation sites is 1. The lowest BCUT2D eigenvalue weighted by atomic mass is 10.1. The number of nitrogens with one attached hydrogen (secondary N) is 2. The first-order valence-corrected chi connectivity index (χ1v) is 6.87. The third kappa shape index (κ3) is 2.14. The van der Waals surface area contributed by atoms with Gasteiger partial charge in [-0.05, 0) is 29.8 Å². The minimum absolute atomic E-state index is 0.221. The third-order valence-electron chi connectivity index (χ3n) is 3.63. The molecule has 0 saturated carbocycles. The van der Waals surface area contributed by atoms with Crippen LogP contribution in [0.5, 0.6) is 5.75 Å². The summed E-state index contributed by atoms with van der Waals surface area (Å²) in [5.41, 5.74) is 2.59. The normalized spacial score (nSPS) is 16.3. The summed E-state index contributed by atoms with van der Waals surface area (Å²) in [5.74, 6) is 0.00621. The van der Waals surface area contributed by atoms with Crippen molar-refractivity contribution >= 4 is 22.7 Å².